The highest BCUT2D eigenvalue weighted by Gasteiger charge is 2.75. The van der Waals surface area contributed by atoms with Crippen LogP contribution in [0.1, 0.15) is 60.8 Å². The van der Waals surface area contributed by atoms with Crippen molar-refractivity contribution in [3.63, 3.8) is 0 Å². The molecule has 0 bridgehead atoms. The van der Waals surface area contributed by atoms with Crippen molar-refractivity contribution < 1.29 is 43.7 Å². The van der Waals surface area contributed by atoms with Crippen LogP contribution < -0.4 is 0 Å². The number of methoxy groups -OCH3 is 2. The Morgan fingerprint density at radius 1 is 1.06 bits per heavy atom. The van der Waals surface area contributed by atoms with Crippen molar-refractivity contribution in [1.29, 1.82) is 0 Å². The summed E-state index contributed by atoms with van der Waals surface area (Å²) in [5.74, 6) is -6.54. The van der Waals surface area contributed by atoms with E-state index in [-0.39, 0.29) is 24.2 Å². The minimum Gasteiger partial charge on any atom is -0.469 e. The van der Waals surface area contributed by atoms with Crippen molar-refractivity contribution in [3.8, 4) is 0 Å². The normalized spacial score (nSPS) is 41.4. The summed E-state index contributed by atoms with van der Waals surface area (Å²) < 4.78 is 9.73. The van der Waals surface area contributed by atoms with Crippen LogP contribution in [0.25, 0.3) is 0 Å². The maximum absolute atomic E-state index is 13.9. The van der Waals surface area contributed by atoms with Gasteiger partial charge in [-0.05, 0) is 38.0 Å². The molecule has 200 valence electrons. The third-order valence-electron chi connectivity index (χ3n) is 10.00. The van der Waals surface area contributed by atoms with Crippen LogP contribution in [0.15, 0.2) is 12.2 Å². The Balaban J connectivity index is 2.31. The fourth-order valence-electron chi connectivity index (χ4n) is 8.05. The number of hydrogen-bond acceptors (Lipinski definition) is 9. The minimum absolute atomic E-state index is 0.0672. The maximum atomic E-state index is 13.9. The molecule has 3 rings (SSSR count). The molecular weight excluding hydrogens is 468 g/mol. The SMILES string of the molecule is C=C1C[C@@H]2[C@@]3(C)CCC(=O)C(C)(C)[C@@H]3C(=O)[C@H](O)[C@@]2(C)[C@H](C(=O)OC)[C@@]1(C)C(=O)C(C)(O)C(=O)OC. The Morgan fingerprint density at radius 2 is 1.61 bits per heavy atom. The Bertz CT molecular complexity index is 1060. The largest absolute Gasteiger partial charge is 0.469 e. The van der Waals surface area contributed by atoms with Gasteiger partial charge in [-0.1, -0.05) is 39.8 Å². The van der Waals surface area contributed by atoms with Crippen LogP contribution in [0, 0.1) is 39.4 Å². The van der Waals surface area contributed by atoms with Gasteiger partial charge in [0.2, 0.25) is 5.60 Å². The zero-order valence-corrected chi connectivity index (χ0v) is 22.4. The highest BCUT2D eigenvalue weighted by molar-refractivity contribution is 6.11. The van der Waals surface area contributed by atoms with E-state index in [1.165, 1.54) is 6.92 Å². The summed E-state index contributed by atoms with van der Waals surface area (Å²) >= 11 is 0. The second kappa shape index (κ2) is 8.31. The quantitative estimate of drug-likeness (QED) is 0.331. The molecule has 0 spiro atoms. The molecule has 0 aliphatic heterocycles. The molecule has 9 heteroatoms. The molecule has 0 amide bonds. The first-order valence-corrected chi connectivity index (χ1v) is 12.2. The number of carbonyl (C=O) groups excluding carboxylic acids is 5. The highest BCUT2D eigenvalue weighted by atomic mass is 16.5. The number of fused-ring (bicyclic) bond motifs is 3. The number of Topliss-reactive ketones (excluding diaryl/α,β-unsaturated/α-hetero) is 3. The number of carbonyl (C=O) groups is 5. The molecule has 8 atom stereocenters. The van der Waals surface area contributed by atoms with Crippen LogP contribution >= 0.6 is 0 Å². The average molecular weight is 507 g/mol. The number of aliphatic hydroxyl groups excluding tert-OH is 1. The molecule has 0 aromatic rings. The summed E-state index contributed by atoms with van der Waals surface area (Å²) in [6.07, 6.45) is -0.980. The van der Waals surface area contributed by atoms with Gasteiger partial charge in [-0.3, -0.25) is 19.2 Å². The summed E-state index contributed by atoms with van der Waals surface area (Å²) in [5, 5.41) is 22.5. The Hall–Kier alpha value is -2.39. The monoisotopic (exact) mass is 506 g/mol. The molecular formula is C27H38O9. The second-order valence-electron chi connectivity index (χ2n) is 12.2. The van der Waals surface area contributed by atoms with Crippen LogP contribution in [-0.2, 0) is 33.4 Å². The summed E-state index contributed by atoms with van der Waals surface area (Å²) in [6, 6.07) is 0. The predicted molar refractivity (Wildman–Crippen MR) is 127 cm³/mol. The van der Waals surface area contributed by atoms with E-state index in [1.54, 1.807) is 20.8 Å². The van der Waals surface area contributed by atoms with Gasteiger partial charge in [-0.25, -0.2) is 4.79 Å². The molecule has 3 aliphatic carbocycles. The fraction of sp³-hybridized carbons (Fsp3) is 0.741. The van der Waals surface area contributed by atoms with E-state index in [2.05, 4.69) is 11.3 Å². The predicted octanol–water partition coefficient (Wildman–Crippen LogP) is 1.81. The van der Waals surface area contributed by atoms with Crippen molar-refractivity contribution in [2.24, 2.45) is 39.4 Å². The number of ketones is 3. The zero-order valence-electron chi connectivity index (χ0n) is 22.4. The van der Waals surface area contributed by atoms with Crippen molar-refractivity contribution in [3.05, 3.63) is 12.2 Å². The third kappa shape index (κ3) is 3.24. The van der Waals surface area contributed by atoms with Gasteiger partial charge in [0.15, 0.2) is 11.6 Å². The van der Waals surface area contributed by atoms with Gasteiger partial charge in [-0.2, -0.15) is 0 Å². The van der Waals surface area contributed by atoms with E-state index in [1.807, 2.05) is 6.92 Å². The second-order valence-corrected chi connectivity index (χ2v) is 12.2. The first kappa shape index (κ1) is 28.2. The Morgan fingerprint density at radius 3 is 2.11 bits per heavy atom. The lowest BCUT2D eigenvalue weighted by molar-refractivity contribution is -0.222. The number of aliphatic hydroxyl groups is 2. The van der Waals surface area contributed by atoms with E-state index in [0.29, 0.717) is 6.42 Å². The van der Waals surface area contributed by atoms with Crippen molar-refractivity contribution >= 4 is 29.3 Å². The van der Waals surface area contributed by atoms with Gasteiger partial charge in [0, 0.05) is 23.2 Å². The number of ether oxygens (including phenoxy) is 2. The summed E-state index contributed by atoms with van der Waals surface area (Å²) in [4.78, 5) is 66.4. The minimum atomic E-state index is -2.63. The first-order valence-electron chi connectivity index (χ1n) is 12.2. The molecule has 3 saturated carbocycles. The Labute approximate surface area is 211 Å². The molecule has 36 heavy (non-hydrogen) atoms. The molecule has 0 heterocycles. The number of rotatable bonds is 4. The summed E-state index contributed by atoms with van der Waals surface area (Å²) in [5.41, 5.74) is -7.58. The van der Waals surface area contributed by atoms with Gasteiger partial charge < -0.3 is 19.7 Å². The van der Waals surface area contributed by atoms with Crippen molar-refractivity contribution in [1.82, 2.24) is 0 Å². The molecule has 2 N–H and O–H groups in total. The molecule has 3 aliphatic rings. The molecule has 1 unspecified atom stereocenters. The van der Waals surface area contributed by atoms with Gasteiger partial charge in [-0.15, -0.1) is 0 Å². The Kier molecular flexibility index (Phi) is 6.51. The number of allylic oxidation sites excluding steroid dienone is 1. The lowest BCUT2D eigenvalue weighted by atomic mass is 9.35. The van der Waals surface area contributed by atoms with Gasteiger partial charge >= 0.3 is 11.9 Å². The van der Waals surface area contributed by atoms with E-state index in [4.69, 9.17) is 4.74 Å². The smallest absolute Gasteiger partial charge is 0.345 e. The summed E-state index contributed by atoms with van der Waals surface area (Å²) in [6.45, 7) is 13.4. The van der Waals surface area contributed by atoms with Gasteiger partial charge in [0.25, 0.3) is 0 Å². The van der Waals surface area contributed by atoms with E-state index < -0.39 is 74.6 Å². The molecule has 0 saturated heterocycles. The van der Waals surface area contributed by atoms with E-state index in [9.17, 15) is 34.2 Å². The van der Waals surface area contributed by atoms with Crippen molar-refractivity contribution in [2.45, 2.75) is 72.5 Å². The molecule has 3 fully saturated rings. The lowest BCUT2D eigenvalue weighted by Crippen LogP contribution is -2.73. The molecule has 0 aromatic heterocycles. The third-order valence-corrected chi connectivity index (χ3v) is 10.00. The van der Waals surface area contributed by atoms with Crippen molar-refractivity contribution in [2.75, 3.05) is 14.2 Å². The average Bonchev–Trinajstić information content (AvgIpc) is 2.81. The highest BCUT2D eigenvalue weighted by Crippen LogP contribution is 2.70. The van der Waals surface area contributed by atoms with Gasteiger partial charge in [0.1, 0.15) is 11.9 Å². The maximum Gasteiger partial charge on any atom is 0.345 e. The molecule has 0 aromatic carbocycles. The number of hydrogen-bond donors (Lipinski definition) is 2. The fourth-order valence-corrected chi connectivity index (χ4v) is 8.05. The van der Waals surface area contributed by atoms with Crippen LogP contribution in [0.2, 0.25) is 0 Å². The molecule has 0 radical (unpaired) electrons. The zero-order chi connectivity index (χ0) is 27.8. The topological polar surface area (TPSA) is 144 Å². The first-order chi connectivity index (χ1) is 16.3. The van der Waals surface area contributed by atoms with Crippen LogP contribution in [0.3, 0.4) is 0 Å². The van der Waals surface area contributed by atoms with E-state index >= 15 is 0 Å². The van der Waals surface area contributed by atoms with Crippen LogP contribution in [0.4, 0.5) is 0 Å². The standard InChI is InChI=1S/C27H38O9/c1-13-12-14-24(4)11-10-15(28)23(2,3)17(24)16(29)19(30)26(14,6)18(20(31)35-8)25(13,5)21(32)27(7,34)22(33)36-9/h14,17-19,30,34H,1,10-12H2,2-9H3/t14-,17+,18-,19+,24-,25+,26-,27?/m1/s1. The lowest BCUT2D eigenvalue weighted by Gasteiger charge is -2.67. The van der Waals surface area contributed by atoms with Crippen LogP contribution in [-0.4, -0.2) is 65.4 Å². The summed E-state index contributed by atoms with van der Waals surface area (Å²) in [7, 11) is 2.15. The van der Waals surface area contributed by atoms with Gasteiger partial charge in [0.05, 0.1) is 25.6 Å². The number of esters is 2. The van der Waals surface area contributed by atoms with Crippen LogP contribution in [0.5, 0.6) is 0 Å². The van der Waals surface area contributed by atoms with E-state index in [0.717, 1.165) is 21.1 Å². The molecule has 9 nitrogen and oxygen atoms in total.